The molecule has 1 saturated heterocycles. The first-order chi connectivity index (χ1) is 18.3. The molecule has 0 aliphatic carbocycles. The van der Waals surface area contributed by atoms with Crippen LogP contribution in [0.1, 0.15) is 10.5 Å². The number of hydrogen-bond donors (Lipinski definition) is 2. The minimum absolute atomic E-state index is 0.0533. The molecule has 0 unspecified atom stereocenters. The summed E-state index contributed by atoms with van der Waals surface area (Å²) >= 11 is 6.11. The maximum absolute atomic E-state index is 13.7. The van der Waals surface area contributed by atoms with Gasteiger partial charge in [-0.05, 0) is 53.6 Å². The molecule has 38 heavy (non-hydrogen) atoms. The topological polar surface area (TPSA) is 124 Å². The largest absolute Gasteiger partial charge is 0.497 e. The van der Waals surface area contributed by atoms with Gasteiger partial charge in [-0.15, -0.1) is 0 Å². The second-order valence-corrected chi connectivity index (χ2v) is 11.1. The van der Waals surface area contributed by atoms with E-state index in [2.05, 4.69) is 4.98 Å². The zero-order chi connectivity index (χ0) is 26.9. The number of benzene rings is 3. The van der Waals surface area contributed by atoms with Gasteiger partial charge in [-0.3, -0.25) is 4.79 Å². The summed E-state index contributed by atoms with van der Waals surface area (Å²) in [6, 6.07) is 20.1. The summed E-state index contributed by atoms with van der Waals surface area (Å²) < 4.78 is 45.5. The van der Waals surface area contributed by atoms with E-state index in [-0.39, 0.29) is 36.9 Å². The van der Waals surface area contributed by atoms with E-state index in [1.807, 2.05) is 48.5 Å². The number of fused-ring (bicyclic) bond motifs is 1. The van der Waals surface area contributed by atoms with Crippen LogP contribution in [0.15, 0.2) is 71.6 Å². The Morgan fingerprint density at radius 3 is 2.37 bits per heavy atom. The van der Waals surface area contributed by atoms with Crippen LogP contribution in [0.3, 0.4) is 0 Å². The van der Waals surface area contributed by atoms with Crippen molar-refractivity contribution in [2.75, 3.05) is 33.4 Å². The molecule has 0 radical (unpaired) electrons. The number of sulfonamides is 1. The van der Waals surface area contributed by atoms with Gasteiger partial charge in [0.2, 0.25) is 10.0 Å². The maximum atomic E-state index is 13.7. The summed E-state index contributed by atoms with van der Waals surface area (Å²) in [5.74, 6) is 0.548. The number of nitrogens with zero attached hydrogens (tertiary/aromatic N) is 1. The van der Waals surface area contributed by atoms with Crippen molar-refractivity contribution < 1.29 is 27.4 Å². The lowest BCUT2D eigenvalue weighted by Gasteiger charge is -2.32. The highest BCUT2D eigenvalue weighted by Gasteiger charge is 2.36. The summed E-state index contributed by atoms with van der Waals surface area (Å²) in [4.78, 5) is 14.7. The van der Waals surface area contributed by atoms with Crippen LogP contribution < -0.4 is 15.2 Å². The Kier molecular flexibility index (Phi) is 7.31. The molecule has 198 valence electrons. The number of halogens is 1. The first-order valence-corrected chi connectivity index (χ1v) is 13.7. The number of carbonyl (C=O) groups excluding carboxylic acids is 1. The van der Waals surface area contributed by atoms with E-state index in [0.29, 0.717) is 21.7 Å². The number of primary amides is 1. The number of aromatic amines is 1. The number of carbonyl (C=O) groups is 1. The minimum Gasteiger partial charge on any atom is -0.497 e. The third-order valence-electron chi connectivity index (χ3n) is 6.37. The van der Waals surface area contributed by atoms with E-state index in [1.54, 1.807) is 19.2 Å². The van der Waals surface area contributed by atoms with Gasteiger partial charge in [0.25, 0.3) is 5.91 Å². The van der Waals surface area contributed by atoms with Crippen molar-refractivity contribution in [1.29, 1.82) is 0 Å². The Labute approximate surface area is 225 Å². The number of rotatable bonds is 8. The fraction of sp³-hybridized carbons (Fsp3) is 0.222. The minimum atomic E-state index is -4.10. The number of morpholine rings is 1. The maximum Gasteiger partial charge on any atom is 0.266 e. The highest BCUT2D eigenvalue weighted by molar-refractivity contribution is 7.89. The molecular weight excluding hydrogens is 530 g/mol. The summed E-state index contributed by atoms with van der Waals surface area (Å²) in [6.07, 6.45) is -0.509. The Morgan fingerprint density at radius 2 is 1.74 bits per heavy atom. The molecule has 1 fully saturated rings. The van der Waals surface area contributed by atoms with Gasteiger partial charge >= 0.3 is 0 Å². The molecule has 0 spiro atoms. The van der Waals surface area contributed by atoms with E-state index in [1.165, 1.54) is 10.4 Å². The number of H-pyrrole nitrogens is 1. The van der Waals surface area contributed by atoms with Crippen LogP contribution in [0, 0.1) is 0 Å². The van der Waals surface area contributed by atoms with Crippen molar-refractivity contribution in [2.45, 2.75) is 11.0 Å². The van der Waals surface area contributed by atoms with Crippen molar-refractivity contribution in [3.8, 4) is 22.6 Å². The standard InChI is InChI=1S/C27H26ClN3O6S/c1-35-20-7-2-17(3-8-20)18-4-9-21(10-5-18)37-16-22-15-31(12-13-36-22)38(33,34)26-23-14-19(28)6-11-24(23)30-25(26)27(29)32/h2-11,14,22,30H,12-13,15-16H2,1H3,(H2,29,32)/t22-/m0/s1. The van der Waals surface area contributed by atoms with Gasteiger partial charge in [-0.2, -0.15) is 4.31 Å². The quantitative estimate of drug-likeness (QED) is 0.338. The second kappa shape index (κ2) is 10.7. The molecule has 0 saturated carbocycles. The third kappa shape index (κ3) is 5.21. The lowest BCUT2D eigenvalue weighted by molar-refractivity contribution is -0.0249. The number of aromatic nitrogens is 1. The molecule has 3 aromatic carbocycles. The number of nitrogens with two attached hydrogens (primary N) is 1. The Bertz CT molecular complexity index is 1570. The van der Waals surface area contributed by atoms with Crippen LogP contribution in [0.5, 0.6) is 11.5 Å². The first-order valence-electron chi connectivity index (χ1n) is 11.9. The summed E-state index contributed by atoms with van der Waals surface area (Å²) in [6.45, 7) is 0.507. The van der Waals surface area contributed by atoms with Crippen LogP contribution in [-0.4, -0.2) is 63.1 Å². The fourth-order valence-corrected chi connectivity index (χ4v) is 6.40. The Hall–Kier alpha value is -3.57. The van der Waals surface area contributed by atoms with Crippen molar-refractivity contribution >= 4 is 38.4 Å². The zero-order valence-corrected chi connectivity index (χ0v) is 22.1. The SMILES string of the molecule is COc1ccc(-c2ccc(OC[C@@H]3CN(S(=O)(=O)c4c(C(N)=O)[nH]c5ccc(Cl)cc45)CCO3)cc2)cc1. The molecule has 1 aliphatic rings. The predicted molar refractivity (Wildman–Crippen MR) is 144 cm³/mol. The molecule has 4 aromatic rings. The van der Waals surface area contributed by atoms with Crippen LogP contribution in [0.25, 0.3) is 22.0 Å². The van der Waals surface area contributed by atoms with E-state index < -0.39 is 22.0 Å². The summed E-state index contributed by atoms with van der Waals surface area (Å²) in [7, 11) is -2.47. The van der Waals surface area contributed by atoms with E-state index in [9.17, 15) is 13.2 Å². The van der Waals surface area contributed by atoms with E-state index in [0.717, 1.165) is 16.9 Å². The first kappa shape index (κ1) is 26.1. The van der Waals surface area contributed by atoms with Crippen molar-refractivity contribution in [3.05, 3.63) is 77.4 Å². The number of methoxy groups -OCH3 is 1. The molecule has 2 heterocycles. The van der Waals surface area contributed by atoms with Gasteiger partial charge in [0.1, 0.15) is 34.8 Å². The molecule has 1 atom stereocenters. The Balaban J connectivity index is 1.29. The highest BCUT2D eigenvalue weighted by Crippen LogP contribution is 2.32. The smallest absolute Gasteiger partial charge is 0.266 e. The molecule has 1 aromatic heterocycles. The van der Waals surface area contributed by atoms with Gasteiger partial charge in [0.05, 0.1) is 13.7 Å². The third-order valence-corrected chi connectivity index (χ3v) is 8.56. The second-order valence-electron chi connectivity index (χ2n) is 8.80. The molecule has 1 amide bonds. The van der Waals surface area contributed by atoms with Gasteiger partial charge in [0, 0.05) is 29.0 Å². The molecule has 3 N–H and O–H groups in total. The Morgan fingerprint density at radius 1 is 1.08 bits per heavy atom. The molecule has 1 aliphatic heterocycles. The van der Waals surface area contributed by atoms with E-state index >= 15 is 0 Å². The molecule has 9 nitrogen and oxygen atoms in total. The zero-order valence-electron chi connectivity index (χ0n) is 20.5. The van der Waals surface area contributed by atoms with Crippen molar-refractivity contribution in [1.82, 2.24) is 9.29 Å². The molecule has 0 bridgehead atoms. The summed E-state index contributed by atoms with van der Waals surface area (Å²) in [5.41, 5.74) is 7.84. The summed E-state index contributed by atoms with van der Waals surface area (Å²) in [5, 5.41) is 0.651. The number of amides is 1. The number of nitrogens with one attached hydrogen (secondary N) is 1. The lowest BCUT2D eigenvalue weighted by atomic mass is 10.1. The van der Waals surface area contributed by atoms with Crippen molar-refractivity contribution in [3.63, 3.8) is 0 Å². The number of hydrogen-bond acceptors (Lipinski definition) is 6. The normalized spacial score (nSPS) is 16.4. The van der Waals surface area contributed by atoms with Crippen LogP contribution in [0.2, 0.25) is 5.02 Å². The molecule has 5 rings (SSSR count). The predicted octanol–water partition coefficient (Wildman–Crippen LogP) is 4.06. The average molecular weight is 556 g/mol. The van der Waals surface area contributed by atoms with Gasteiger partial charge in [-0.25, -0.2) is 8.42 Å². The van der Waals surface area contributed by atoms with Crippen LogP contribution >= 0.6 is 11.6 Å². The monoisotopic (exact) mass is 555 g/mol. The lowest BCUT2D eigenvalue weighted by Crippen LogP contribution is -2.47. The molecular formula is C27H26ClN3O6S. The van der Waals surface area contributed by atoms with Gasteiger partial charge in [-0.1, -0.05) is 35.9 Å². The van der Waals surface area contributed by atoms with Crippen molar-refractivity contribution in [2.24, 2.45) is 5.73 Å². The van der Waals surface area contributed by atoms with Crippen LogP contribution in [0.4, 0.5) is 0 Å². The van der Waals surface area contributed by atoms with Crippen LogP contribution in [-0.2, 0) is 14.8 Å². The fourth-order valence-electron chi connectivity index (χ4n) is 4.44. The number of ether oxygens (including phenoxy) is 3. The van der Waals surface area contributed by atoms with E-state index in [4.69, 9.17) is 31.5 Å². The van der Waals surface area contributed by atoms with Gasteiger partial charge < -0.3 is 24.9 Å². The van der Waals surface area contributed by atoms with Gasteiger partial charge in [0.15, 0.2) is 0 Å². The highest BCUT2D eigenvalue weighted by atomic mass is 35.5. The molecule has 11 heteroatoms. The average Bonchev–Trinajstić information content (AvgIpc) is 3.32.